The average molecular weight is 293 g/mol. The lowest BCUT2D eigenvalue weighted by Gasteiger charge is -2.04. The van der Waals surface area contributed by atoms with Gasteiger partial charge < -0.3 is 9.63 Å². The number of rotatable bonds is 3. The Hall–Kier alpha value is -2.37. The van der Waals surface area contributed by atoms with Crippen LogP contribution in [0.15, 0.2) is 33.9 Å². The van der Waals surface area contributed by atoms with Gasteiger partial charge in [-0.05, 0) is 13.0 Å². The van der Waals surface area contributed by atoms with E-state index in [4.69, 9.17) is 9.63 Å². The summed E-state index contributed by atoms with van der Waals surface area (Å²) in [5, 5.41) is 12.2. The molecule has 0 amide bonds. The molecule has 0 radical (unpaired) electrons. The van der Waals surface area contributed by atoms with Gasteiger partial charge in [0.1, 0.15) is 11.5 Å². The molecule has 0 spiro atoms. The Morgan fingerprint density at radius 2 is 2.20 bits per heavy atom. The summed E-state index contributed by atoms with van der Waals surface area (Å²) < 4.78 is 31.2. The van der Waals surface area contributed by atoms with E-state index >= 15 is 0 Å². The third kappa shape index (κ3) is 3.34. The third-order valence-electron chi connectivity index (χ3n) is 2.20. The first-order valence-corrected chi connectivity index (χ1v) is 7.00. The zero-order valence-corrected chi connectivity index (χ0v) is 11.3. The smallest absolute Gasteiger partial charge is 0.265 e. The van der Waals surface area contributed by atoms with E-state index in [-0.39, 0.29) is 17.4 Å². The Balaban J connectivity index is 2.29. The summed E-state index contributed by atoms with van der Waals surface area (Å²) in [7, 11) is -3.82. The van der Waals surface area contributed by atoms with E-state index in [1.807, 2.05) is 0 Å². The van der Waals surface area contributed by atoms with Crippen LogP contribution in [0.3, 0.4) is 0 Å². The van der Waals surface area contributed by atoms with Gasteiger partial charge >= 0.3 is 0 Å². The molecule has 2 heterocycles. The van der Waals surface area contributed by atoms with Crippen molar-refractivity contribution in [2.24, 2.45) is 0 Å². The summed E-state index contributed by atoms with van der Waals surface area (Å²) in [4.78, 5) is 3.74. The van der Waals surface area contributed by atoms with Gasteiger partial charge in [-0.2, -0.15) is 0 Å². The Bertz CT molecular complexity index is 771. The number of pyridine rings is 1. The van der Waals surface area contributed by atoms with Crippen LogP contribution in [0.5, 0.6) is 0 Å². The number of anilines is 1. The van der Waals surface area contributed by atoms with Crippen molar-refractivity contribution in [2.45, 2.75) is 11.8 Å². The molecular formula is C12H11N3O4S. The number of hydrogen-bond acceptors (Lipinski definition) is 6. The molecule has 0 aromatic carbocycles. The lowest BCUT2D eigenvalue weighted by atomic mass is 10.3. The van der Waals surface area contributed by atoms with Gasteiger partial charge in [0.15, 0.2) is 0 Å². The molecule has 0 aliphatic rings. The highest BCUT2D eigenvalue weighted by Crippen LogP contribution is 2.16. The summed E-state index contributed by atoms with van der Waals surface area (Å²) in [6.45, 7) is 1.36. The molecule has 8 heteroatoms. The molecule has 0 atom stereocenters. The number of aliphatic hydroxyl groups excluding tert-OH is 1. The van der Waals surface area contributed by atoms with E-state index in [9.17, 15) is 8.42 Å². The maximum absolute atomic E-state index is 12.1. The third-order valence-corrected chi connectivity index (χ3v) is 3.51. The average Bonchev–Trinajstić information content (AvgIpc) is 2.81. The first-order valence-electron chi connectivity index (χ1n) is 5.52. The van der Waals surface area contributed by atoms with Crippen LogP contribution in [0.1, 0.15) is 11.3 Å². The minimum Gasteiger partial charge on any atom is -0.384 e. The van der Waals surface area contributed by atoms with E-state index in [2.05, 4.69) is 26.7 Å². The predicted octanol–water partition coefficient (Wildman–Crippen LogP) is 0.523. The van der Waals surface area contributed by atoms with E-state index < -0.39 is 10.0 Å². The van der Waals surface area contributed by atoms with Gasteiger partial charge in [-0.1, -0.05) is 17.0 Å². The van der Waals surface area contributed by atoms with Crippen molar-refractivity contribution in [2.75, 3.05) is 11.3 Å². The van der Waals surface area contributed by atoms with Gasteiger partial charge in [0, 0.05) is 24.0 Å². The first-order chi connectivity index (χ1) is 9.51. The molecule has 0 fully saturated rings. The standard InChI is InChI=1S/C12H11N3O4S/c1-9-5-12(19-14-9)15-20(17,18)11-6-10(3-2-4-16)7-13-8-11/h5-8,15-16H,4H2,1H3. The highest BCUT2D eigenvalue weighted by molar-refractivity contribution is 7.92. The van der Waals surface area contributed by atoms with Crippen LogP contribution in [0.2, 0.25) is 0 Å². The van der Waals surface area contributed by atoms with Crippen LogP contribution in [0.4, 0.5) is 5.88 Å². The molecule has 0 saturated carbocycles. The lowest BCUT2D eigenvalue weighted by molar-refractivity contribution is 0.350. The normalized spacial score (nSPS) is 10.7. The van der Waals surface area contributed by atoms with Gasteiger partial charge in [-0.25, -0.2) is 13.1 Å². The monoisotopic (exact) mass is 293 g/mol. The van der Waals surface area contributed by atoms with Crippen molar-refractivity contribution in [3.63, 3.8) is 0 Å². The zero-order valence-electron chi connectivity index (χ0n) is 10.5. The molecule has 20 heavy (non-hydrogen) atoms. The van der Waals surface area contributed by atoms with Gasteiger partial charge in [-0.3, -0.25) is 4.98 Å². The van der Waals surface area contributed by atoms with Crippen molar-refractivity contribution in [1.82, 2.24) is 10.1 Å². The second-order valence-corrected chi connectivity index (χ2v) is 5.49. The fourth-order valence-electron chi connectivity index (χ4n) is 1.38. The van der Waals surface area contributed by atoms with E-state index in [1.165, 1.54) is 24.5 Å². The number of aliphatic hydroxyl groups is 1. The molecule has 7 nitrogen and oxygen atoms in total. The summed E-state index contributed by atoms with van der Waals surface area (Å²) in [5.41, 5.74) is 0.944. The maximum atomic E-state index is 12.1. The van der Waals surface area contributed by atoms with Crippen molar-refractivity contribution in [3.05, 3.63) is 35.8 Å². The molecular weight excluding hydrogens is 282 g/mol. The van der Waals surface area contributed by atoms with E-state index in [0.29, 0.717) is 11.3 Å². The fourth-order valence-corrected chi connectivity index (χ4v) is 2.34. The molecule has 0 aliphatic heterocycles. The van der Waals surface area contributed by atoms with Crippen LogP contribution in [0, 0.1) is 18.8 Å². The Labute approximate surface area is 115 Å². The van der Waals surface area contributed by atoms with Crippen LogP contribution in [-0.2, 0) is 10.0 Å². The highest BCUT2D eigenvalue weighted by Gasteiger charge is 2.17. The first kappa shape index (κ1) is 14.0. The Kier molecular flexibility index (Phi) is 4.02. The van der Waals surface area contributed by atoms with Crippen molar-refractivity contribution in [1.29, 1.82) is 0 Å². The number of hydrogen-bond donors (Lipinski definition) is 2. The fraction of sp³-hybridized carbons (Fsp3) is 0.167. The Morgan fingerprint density at radius 3 is 2.85 bits per heavy atom. The van der Waals surface area contributed by atoms with Gasteiger partial charge in [-0.15, -0.1) is 0 Å². The lowest BCUT2D eigenvalue weighted by Crippen LogP contribution is -2.13. The highest BCUT2D eigenvalue weighted by atomic mass is 32.2. The maximum Gasteiger partial charge on any atom is 0.265 e. The number of nitrogens with zero attached hydrogens (tertiary/aromatic N) is 2. The van der Waals surface area contributed by atoms with Crippen LogP contribution >= 0.6 is 0 Å². The summed E-state index contributed by atoms with van der Waals surface area (Å²) >= 11 is 0. The molecule has 2 N–H and O–H groups in total. The number of nitrogens with one attached hydrogen (secondary N) is 1. The largest absolute Gasteiger partial charge is 0.384 e. The van der Waals surface area contributed by atoms with Crippen molar-refractivity contribution < 1.29 is 18.0 Å². The van der Waals surface area contributed by atoms with Crippen LogP contribution in [0.25, 0.3) is 0 Å². The summed E-state index contributed by atoms with van der Waals surface area (Å²) in [6.07, 6.45) is 2.59. The minimum atomic E-state index is -3.82. The van der Waals surface area contributed by atoms with E-state index in [0.717, 1.165) is 0 Å². The zero-order chi connectivity index (χ0) is 14.6. The molecule has 0 saturated heterocycles. The van der Waals surface area contributed by atoms with Crippen LogP contribution in [-0.4, -0.2) is 30.3 Å². The SMILES string of the molecule is Cc1cc(NS(=O)(=O)c2cncc(C#CCO)c2)on1. The molecule has 0 aliphatic carbocycles. The number of sulfonamides is 1. The van der Waals surface area contributed by atoms with Gasteiger partial charge in [0.25, 0.3) is 10.0 Å². The van der Waals surface area contributed by atoms with Crippen molar-refractivity contribution >= 4 is 15.9 Å². The molecule has 0 bridgehead atoms. The second-order valence-electron chi connectivity index (χ2n) is 3.81. The minimum absolute atomic E-state index is 0.0225. The quantitative estimate of drug-likeness (QED) is 0.799. The topological polar surface area (TPSA) is 105 Å². The molecule has 0 unspecified atom stereocenters. The molecule has 2 rings (SSSR count). The van der Waals surface area contributed by atoms with Crippen LogP contribution < -0.4 is 4.72 Å². The second kappa shape index (κ2) is 5.73. The number of aromatic nitrogens is 2. The summed E-state index contributed by atoms with van der Waals surface area (Å²) in [5.74, 6) is 5.02. The summed E-state index contributed by atoms with van der Waals surface area (Å²) in [6, 6.07) is 2.81. The van der Waals surface area contributed by atoms with E-state index in [1.54, 1.807) is 6.92 Å². The van der Waals surface area contributed by atoms with Crippen molar-refractivity contribution in [3.8, 4) is 11.8 Å². The molecule has 104 valence electrons. The number of aryl methyl sites for hydroxylation is 1. The molecule has 2 aromatic rings. The van der Waals surface area contributed by atoms with Gasteiger partial charge in [0.05, 0.1) is 5.69 Å². The van der Waals surface area contributed by atoms with Gasteiger partial charge in [0.2, 0.25) is 5.88 Å². The molecule has 2 aromatic heterocycles. The Morgan fingerprint density at radius 1 is 1.40 bits per heavy atom. The predicted molar refractivity (Wildman–Crippen MR) is 70.2 cm³/mol.